The van der Waals surface area contributed by atoms with Crippen molar-refractivity contribution in [3.63, 3.8) is 0 Å². The van der Waals surface area contributed by atoms with Gasteiger partial charge in [0.15, 0.2) is 0 Å². The van der Waals surface area contributed by atoms with Crippen LogP contribution in [-0.4, -0.2) is 15.9 Å². The highest BCUT2D eigenvalue weighted by molar-refractivity contribution is 7.80. The summed E-state index contributed by atoms with van der Waals surface area (Å²) in [6, 6.07) is 9.64. The first-order chi connectivity index (χ1) is 11.3. The molecule has 124 valence electrons. The zero-order chi connectivity index (χ0) is 17.5. The lowest BCUT2D eigenvalue weighted by atomic mass is 10.1. The van der Waals surface area contributed by atoms with E-state index in [1.165, 1.54) is 12.1 Å². The van der Waals surface area contributed by atoms with Gasteiger partial charge in [-0.2, -0.15) is 25.8 Å². The SMILES string of the molecule is NC(=O)c1cccc2[nH]c(C(S)c3ccc(C(F)(F)F)cc3)nc12. The topological polar surface area (TPSA) is 71.8 Å². The van der Waals surface area contributed by atoms with Gasteiger partial charge in [0.1, 0.15) is 11.3 Å². The van der Waals surface area contributed by atoms with Crippen LogP contribution in [0.15, 0.2) is 42.5 Å². The van der Waals surface area contributed by atoms with Crippen molar-refractivity contribution in [3.05, 3.63) is 65.0 Å². The number of hydrogen-bond acceptors (Lipinski definition) is 3. The Kier molecular flexibility index (Phi) is 4.00. The highest BCUT2D eigenvalue weighted by Crippen LogP contribution is 2.33. The van der Waals surface area contributed by atoms with Gasteiger partial charge in [-0.25, -0.2) is 4.98 Å². The molecule has 24 heavy (non-hydrogen) atoms. The molecule has 0 aliphatic rings. The van der Waals surface area contributed by atoms with E-state index < -0.39 is 22.9 Å². The summed E-state index contributed by atoms with van der Waals surface area (Å²) in [5, 5.41) is -0.569. The molecule has 0 spiro atoms. The molecule has 2 aromatic carbocycles. The summed E-state index contributed by atoms with van der Waals surface area (Å²) >= 11 is 4.42. The quantitative estimate of drug-likeness (QED) is 0.630. The van der Waals surface area contributed by atoms with Crippen molar-refractivity contribution in [1.82, 2.24) is 9.97 Å². The zero-order valence-corrected chi connectivity index (χ0v) is 13.0. The maximum Gasteiger partial charge on any atom is 0.416 e. The number of aromatic nitrogens is 2. The maximum atomic E-state index is 12.6. The standard InChI is InChI=1S/C16H12F3N3OS/c17-16(18,19)9-6-4-8(5-7-9)13(24)15-21-11-3-1-2-10(14(20)23)12(11)22-15/h1-7,13,24H,(H2,20,23)(H,21,22). The average molecular weight is 351 g/mol. The highest BCUT2D eigenvalue weighted by atomic mass is 32.1. The average Bonchev–Trinajstić information content (AvgIpc) is 2.97. The summed E-state index contributed by atoms with van der Waals surface area (Å²) < 4.78 is 37.9. The van der Waals surface area contributed by atoms with Crippen LogP contribution in [0.2, 0.25) is 0 Å². The lowest BCUT2D eigenvalue weighted by Crippen LogP contribution is -2.11. The Morgan fingerprint density at radius 1 is 1.17 bits per heavy atom. The molecular formula is C16H12F3N3OS. The molecule has 1 heterocycles. The summed E-state index contributed by atoms with van der Waals surface area (Å²) in [5.41, 5.74) is 6.41. The summed E-state index contributed by atoms with van der Waals surface area (Å²) in [7, 11) is 0. The first-order valence-corrected chi connectivity index (χ1v) is 7.42. The maximum absolute atomic E-state index is 12.6. The second-order valence-corrected chi connectivity index (χ2v) is 5.73. The molecule has 1 atom stereocenters. The Hall–Kier alpha value is -2.48. The number of carbonyl (C=O) groups excluding carboxylic acids is 1. The van der Waals surface area contributed by atoms with Gasteiger partial charge < -0.3 is 10.7 Å². The molecule has 0 saturated heterocycles. The van der Waals surface area contributed by atoms with Gasteiger partial charge in [0, 0.05) is 0 Å². The van der Waals surface area contributed by atoms with Crippen LogP contribution in [0.3, 0.4) is 0 Å². The van der Waals surface area contributed by atoms with E-state index in [4.69, 9.17) is 5.73 Å². The van der Waals surface area contributed by atoms with Gasteiger partial charge in [0.05, 0.1) is 21.9 Å². The highest BCUT2D eigenvalue weighted by Gasteiger charge is 2.30. The molecule has 3 aromatic rings. The van der Waals surface area contributed by atoms with E-state index in [0.717, 1.165) is 12.1 Å². The molecule has 4 nitrogen and oxygen atoms in total. The number of H-pyrrole nitrogens is 1. The molecule has 3 rings (SSSR count). The van der Waals surface area contributed by atoms with Gasteiger partial charge in [0.2, 0.25) is 0 Å². The molecule has 1 amide bonds. The molecule has 0 radical (unpaired) electrons. The number of benzene rings is 2. The minimum Gasteiger partial charge on any atom is -0.366 e. The molecule has 1 aromatic heterocycles. The summed E-state index contributed by atoms with van der Waals surface area (Å²) in [6.45, 7) is 0. The van der Waals surface area contributed by atoms with Crippen molar-refractivity contribution < 1.29 is 18.0 Å². The molecular weight excluding hydrogens is 339 g/mol. The van der Waals surface area contributed by atoms with Crippen LogP contribution in [0.25, 0.3) is 11.0 Å². The van der Waals surface area contributed by atoms with Crippen molar-refractivity contribution in [2.24, 2.45) is 5.73 Å². The van der Waals surface area contributed by atoms with Crippen LogP contribution in [0, 0.1) is 0 Å². The Bertz CT molecular complexity index is 903. The number of nitrogens with one attached hydrogen (secondary N) is 1. The molecule has 8 heteroatoms. The number of para-hydroxylation sites is 1. The Balaban J connectivity index is 1.98. The number of amides is 1. The van der Waals surface area contributed by atoms with E-state index in [2.05, 4.69) is 22.6 Å². The number of alkyl halides is 3. The molecule has 1 unspecified atom stereocenters. The van der Waals surface area contributed by atoms with Gasteiger partial charge in [-0.05, 0) is 29.8 Å². The van der Waals surface area contributed by atoms with Crippen LogP contribution in [0.4, 0.5) is 13.2 Å². The molecule has 0 fully saturated rings. The van der Waals surface area contributed by atoms with E-state index in [1.54, 1.807) is 18.2 Å². The third-order valence-electron chi connectivity index (χ3n) is 3.61. The first kappa shape index (κ1) is 16.4. The van der Waals surface area contributed by atoms with Crippen LogP contribution in [-0.2, 0) is 6.18 Å². The number of fused-ring (bicyclic) bond motifs is 1. The summed E-state index contributed by atoms with van der Waals surface area (Å²) in [4.78, 5) is 18.8. The van der Waals surface area contributed by atoms with Crippen molar-refractivity contribution in [2.45, 2.75) is 11.4 Å². The van der Waals surface area contributed by atoms with Crippen molar-refractivity contribution in [1.29, 1.82) is 0 Å². The molecule has 0 bridgehead atoms. The summed E-state index contributed by atoms with van der Waals surface area (Å²) in [5.74, 6) is -0.189. The molecule has 0 saturated carbocycles. The van der Waals surface area contributed by atoms with E-state index in [9.17, 15) is 18.0 Å². The minimum atomic E-state index is -4.39. The minimum absolute atomic E-state index is 0.267. The van der Waals surface area contributed by atoms with Gasteiger partial charge in [0.25, 0.3) is 5.91 Å². The van der Waals surface area contributed by atoms with E-state index in [0.29, 0.717) is 22.4 Å². The van der Waals surface area contributed by atoms with Crippen molar-refractivity contribution >= 4 is 29.6 Å². The fraction of sp³-hybridized carbons (Fsp3) is 0.125. The van der Waals surface area contributed by atoms with Crippen molar-refractivity contribution in [2.75, 3.05) is 0 Å². The third kappa shape index (κ3) is 2.96. The Morgan fingerprint density at radius 2 is 1.83 bits per heavy atom. The molecule has 0 aliphatic heterocycles. The number of carbonyl (C=O) groups is 1. The monoisotopic (exact) mass is 351 g/mol. The molecule has 0 aliphatic carbocycles. The van der Waals surface area contributed by atoms with Crippen LogP contribution in [0.1, 0.15) is 32.6 Å². The van der Waals surface area contributed by atoms with Crippen LogP contribution in [0.5, 0.6) is 0 Å². The van der Waals surface area contributed by atoms with E-state index >= 15 is 0 Å². The van der Waals surface area contributed by atoms with Gasteiger partial charge >= 0.3 is 6.18 Å². The normalized spacial score (nSPS) is 13.2. The number of rotatable bonds is 3. The number of aromatic amines is 1. The van der Waals surface area contributed by atoms with E-state index in [-0.39, 0.29) is 5.56 Å². The fourth-order valence-corrected chi connectivity index (χ4v) is 2.69. The zero-order valence-electron chi connectivity index (χ0n) is 12.1. The van der Waals surface area contributed by atoms with Crippen molar-refractivity contribution in [3.8, 4) is 0 Å². The predicted molar refractivity (Wildman–Crippen MR) is 86.9 cm³/mol. The Labute approximate surface area is 140 Å². The Morgan fingerprint density at radius 3 is 2.42 bits per heavy atom. The smallest absolute Gasteiger partial charge is 0.366 e. The lowest BCUT2D eigenvalue weighted by molar-refractivity contribution is -0.137. The third-order valence-corrected chi connectivity index (χ3v) is 4.15. The number of halogens is 3. The number of nitrogens with zero attached hydrogens (tertiary/aromatic N) is 1. The number of primary amides is 1. The molecule has 3 N–H and O–H groups in total. The number of nitrogens with two attached hydrogens (primary N) is 1. The van der Waals surface area contributed by atoms with Gasteiger partial charge in [-0.15, -0.1) is 0 Å². The van der Waals surface area contributed by atoms with E-state index in [1.807, 2.05) is 0 Å². The van der Waals surface area contributed by atoms with Gasteiger partial charge in [-0.3, -0.25) is 4.79 Å². The second-order valence-electron chi connectivity index (χ2n) is 5.21. The van der Waals surface area contributed by atoms with Crippen LogP contribution < -0.4 is 5.73 Å². The fourth-order valence-electron chi connectivity index (χ4n) is 2.39. The number of thiol groups is 1. The number of imidazole rings is 1. The number of hydrogen-bond donors (Lipinski definition) is 3. The summed E-state index contributed by atoms with van der Waals surface area (Å²) in [6.07, 6.45) is -4.39. The lowest BCUT2D eigenvalue weighted by Gasteiger charge is -2.11. The second kappa shape index (κ2) is 5.86. The van der Waals surface area contributed by atoms with Gasteiger partial charge in [-0.1, -0.05) is 18.2 Å². The predicted octanol–water partition coefficient (Wildman–Crippen LogP) is 3.70. The van der Waals surface area contributed by atoms with Crippen LogP contribution >= 0.6 is 12.6 Å². The first-order valence-electron chi connectivity index (χ1n) is 6.91. The largest absolute Gasteiger partial charge is 0.416 e.